The summed E-state index contributed by atoms with van der Waals surface area (Å²) in [5.74, 6) is 1.24. The normalized spacial score (nSPS) is 26.0. The molecule has 0 spiro atoms. The highest BCUT2D eigenvalue weighted by molar-refractivity contribution is 5.85. The van der Waals surface area contributed by atoms with Gasteiger partial charge in [0.15, 0.2) is 0 Å². The van der Waals surface area contributed by atoms with Crippen LogP contribution in [0.2, 0.25) is 0 Å². The zero-order chi connectivity index (χ0) is 23.5. The van der Waals surface area contributed by atoms with Gasteiger partial charge in [0.05, 0.1) is 12.2 Å². The largest absolute Gasteiger partial charge is 0.416 e. The Morgan fingerprint density at radius 1 is 1.19 bits per heavy atom. The summed E-state index contributed by atoms with van der Waals surface area (Å²) in [5, 5.41) is 2.84. The van der Waals surface area contributed by atoms with Gasteiger partial charge >= 0.3 is 6.18 Å². The second-order valence-electron chi connectivity index (χ2n) is 10.0. The average molecular weight is 455 g/mol. The Balaban J connectivity index is 1.58. The van der Waals surface area contributed by atoms with E-state index in [2.05, 4.69) is 24.1 Å². The number of hydrogen-bond acceptors (Lipinski definition) is 3. The van der Waals surface area contributed by atoms with Crippen molar-refractivity contribution in [3.63, 3.8) is 0 Å². The summed E-state index contributed by atoms with van der Waals surface area (Å²) in [6, 6.07) is 5.41. The maximum atomic E-state index is 13.1. The molecule has 2 atom stereocenters. The number of carbonyl (C=O) groups is 1. The average Bonchev–Trinajstić information content (AvgIpc) is 2.77. The molecule has 32 heavy (non-hydrogen) atoms. The Hall–Kier alpha value is -1.60. The van der Waals surface area contributed by atoms with Gasteiger partial charge in [0.1, 0.15) is 5.60 Å². The molecule has 1 aromatic carbocycles. The number of rotatable bonds is 6. The molecule has 1 amide bonds. The topological polar surface area (TPSA) is 41.6 Å². The van der Waals surface area contributed by atoms with Crippen LogP contribution in [0.1, 0.15) is 64.5 Å². The molecule has 2 saturated heterocycles. The Labute approximate surface area is 189 Å². The third-order valence-electron chi connectivity index (χ3n) is 7.44. The highest BCUT2D eigenvalue weighted by Crippen LogP contribution is 2.36. The maximum Gasteiger partial charge on any atom is 0.416 e. The first-order valence-electron chi connectivity index (χ1n) is 11.9. The van der Waals surface area contributed by atoms with E-state index in [-0.39, 0.29) is 18.4 Å². The Bertz CT molecular complexity index is 763. The highest BCUT2D eigenvalue weighted by Gasteiger charge is 2.46. The SMILES string of the molecule is CC(C)C1CCN(C2CCC(C(=O)NCc3cccc(C(F)(F)F)c3)(C(C)C)OC2)CC1. The number of benzene rings is 1. The standard InChI is InChI=1S/C25H37F3N2O2/c1-17(2)20-9-12-30(13-10-20)22-8-11-24(18(3)4,32-16-22)23(31)29-15-19-6-5-7-21(14-19)25(26,27)28/h5-7,14,17-18,20,22H,8-13,15-16H2,1-4H3,(H,29,31). The van der Waals surface area contributed by atoms with Crippen molar-refractivity contribution >= 4 is 5.91 Å². The molecule has 1 N–H and O–H groups in total. The summed E-state index contributed by atoms with van der Waals surface area (Å²) in [7, 11) is 0. The van der Waals surface area contributed by atoms with E-state index < -0.39 is 17.3 Å². The minimum absolute atomic E-state index is 0.0309. The van der Waals surface area contributed by atoms with Gasteiger partial charge in [0.2, 0.25) is 0 Å². The number of hydrogen-bond donors (Lipinski definition) is 1. The van der Waals surface area contributed by atoms with Crippen LogP contribution in [0.4, 0.5) is 13.2 Å². The van der Waals surface area contributed by atoms with Crippen LogP contribution in [0.3, 0.4) is 0 Å². The van der Waals surface area contributed by atoms with Gasteiger partial charge in [-0.15, -0.1) is 0 Å². The van der Waals surface area contributed by atoms with Crippen LogP contribution in [0.25, 0.3) is 0 Å². The van der Waals surface area contributed by atoms with Crippen LogP contribution in [0.15, 0.2) is 24.3 Å². The summed E-state index contributed by atoms with van der Waals surface area (Å²) in [5.41, 5.74) is -1.22. The van der Waals surface area contributed by atoms with Crippen LogP contribution < -0.4 is 5.32 Å². The number of amides is 1. The van der Waals surface area contributed by atoms with Gasteiger partial charge in [-0.25, -0.2) is 0 Å². The molecule has 1 aromatic rings. The van der Waals surface area contributed by atoms with Crippen molar-refractivity contribution in [2.45, 2.75) is 77.7 Å². The van der Waals surface area contributed by atoms with Crippen molar-refractivity contribution in [1.82, 2.24) is 10.2 Å². The van der Waals surface area contributed by atoms with E-state index >= 15 is 0 Å². The first-order chi connectivity index (χ1) is 15.0. The third kappa shape index (κ3) is 5.66. The number of nitrogens with zero attached hydrogens (tertiary/aromatic N) is 1. The van der Waals surface area contributed by atoms with Gasteiger partial charge in [-0.3, -0.25) is 9.69 Å². The maximum absolute atomic E-state index is 13.1. The van der Waals surface area contributed by atoms with E-state index in [0.717, 1.165) is 37.6 Å². The quantitative estimate of drug-likeness (QED) is 0.637. The van der Waals surface area contributed by atoms with Gasteiger partial charge in [-0.1, -0.05) is 39.8 Å². The third-order valence-corrected chi connectivity index (χ3v) is 7.44. The van der Waals surface area contributed by atoms with E-state index in [1.165, 1.54) is 18.9 Å². The number of alkyl halides is 3. The number of ether oxygens (including phenoxy) is 1. The smallest absolute Gasteiger partial charge is 0.363 e. The molecule has 3 rings (SSSR count). The molecule has 0 saturated carbocycles. The monoisotopic (exact) mass is 454 g/mol. The zero-order valence-corrected chi connectivity index (χ0v) is 19.7. The summed E-state index contributed by atoms with van der Waals surface area (Å²) in [6.07, 6.45) is -0.471. The van der Waals surface area contributed by atoms with Crippen molar-refractivity contribution in [3.05, 3.63) is 35.4 Å². The lowest BCUT2D eigenvalue weighted by Crippen LogP contribution is -2.58. The molecule has 180 valence electrons. The highest BCUT2D eigenvalue weighted by atomic mass is 19.4. The van der Waals surface area contributed by atoms with Crippen molar-refractivity contribution in [2.24, 2.45) is 17.8 Å². The van der Waals surface area contributed by atoms with Crippen molar-refractivity contribution in [3.8, 4) is 0 Å². The van der Waals surface area contributed by atoms with Gasteiger partial charge in [0.25, 0.3) is 5.91 Å². The molecule has 0 aromatic heterocycles. The van der Waals surface area contributed by atoms with E-state index in [9.17, 15) is 18.0 Å². The fraction of sp³-hybridized carbons (Fsp3) is 0.720. The molecule has 0 radical (unpaired) electrons. The lowest BCUT2D eigenvalue weighted by molar-refractivity contribution is -0.170. The minimum atomic E-state index is -4.40. The van der Waals surface area contributed by atoms with E-state index in [1.54, 1.807) is 6.07 Å². The second kappa shape index (κ2) is 10.1. The zero-order valence-electron chi connectivity index (χ0n) is 19.7. The Kier molecular flexibility index (Phi) is 7.92. The minimum Gasteiger partial charge on any atom is -0.363 e. The predicted molar refractivity (Wildman–Crippen MR) is 119 cm³/mol. The Morgan fingerprint density at radius 3 is 2.41 bits per heavy atom. The molecule has 0 aliphatic carbocycles. The molecular formula is C25H37F3N2O2. The molecular weight excluding hydrogens is 417 g/mol. The summed E-state index contributed by atoms with van der Waals surface area (Å²) >= 11 is 0. The van der Waals surface area contributed by atoms with Crippen molar-refractivity contribution in [2.75, 3.05) is 19.7 Å². The van der Waals surface area contributed by atoms with Gasteiger partial charge in [-0.2, -0.15) is 13.2 Å². The molecule has 2 fully saturated rings. The molecule has 2 unspecified atom stereocenters. The number of likely N-dealkylation sites (tertiary alicyclic amines) is 1. The fourth-order valence-corrected chi connectivity index (χ4v) is 5.11. The van der Waals surface area contributed by atoms with Crippen molar-refractivity contribution < 1.29 is 22.7 Å². The summed E-state index contributed by atoms with van der Waals surface area (Å²) < 4.78 is 45.2. The molecule has 7 heteroatoms. The Morgan fingerprint density at radius 2 is 1.88 bits per heavy atom. The van der Waals surface area contributed by atoms with Crippen LogP contribution in [-0.2, 0) is 22.3 Å². The summed E-state index contributed by atoms with van der Waals surface area (Å²) in [4.78, 5) is 15.6. The van der Waals surface area contributed by atoms with Gasteiger partial charge < -0.3 is 10.1 Å². The van der Waals surface area contributed by atoms with E-state index in [4.69, 9.17) is 4.74 Å². The second-order valence-corrected chi connectivity index (χ2v) is 10.0. The molecule has 4 nitrogen and oxygen atoms in total. The summed E-state index contributed by atoms with van der Waals surface area (Å²) in [6.45, 7) is 11.2. The number of carbonyl (C=O) groups excluding carboxylic acids is 1. The van der Waals surface area contributed by atoms with Crippen LogP contribution in [0.5, 0.6) is 0 Å². The molecule has 2 aliphatic rings. The van der Waals surface area contributed by atoms with Crippen molar-refractivity contribution in [1.29, 1.82) is 0 Å². The first kappa shape index (κ1) is 25.0. The van der Waals surface area contributed by atoms with Gasteiger partial charge in [0, 0.05) is 12.6 Å². The lowest BCUT2D eigenvalue weighted by Gasteiger charge is -2.46. The van der Waals surface area contributed by atoms with Crippen LogP contribution >= 0.6 is 0 Å². The number of nitrogens with one attached hydrogen (secondary N) is 1. The van der Waals surface area contributed by atoms with Crippen LogP contribution in [-0.4, -0.2) is 42.1 Å². The molecule has 2 aliphatic heterocycles. The molecule has 2 heterocycles. The van der Waals surface area contributed by atoms with E-state index in [0.29, 0.717) is 30.6 Å². The van der Waals surface area contributed by atoms with Gasteiger partial charge in [-0.05, 0) is 74.2 Å². The fourth-order valence-electron chi connectivity index (χ4n) is 5.11. The predicted octanol–water partition coefficient (Wildman–Crippen LogP) is 5.26. The first-order valence-corrected chi connectivity index (χ1v) is 11.9. The molecule has 0 bridgehead atoms. The van der Waals surface area contributed by atoms with E-state index in [1.807, 2.05) is 13.8 Å². The number of halogens is 3. The number of piperidine rings is 1. The van der Waals surface area contributed by atoms with Crippen LogP contribution in [0, 0.1) is 17.8 Å². The lowest BCUT2D eigenvalue weighted by atomic mass is 9.80.